The smallest absolute Gasteiger partial charge is 0.306 e. The maximum atomic E-state index is 11.9. The number of carboxylic acids is 1. The Hall–Kier alpha value is -1.50. The fourth-order valence-electron chi connectivity index (χ4n) is 2.05. The van der Waals surface area contributed by atoms with Crippen molar-refractivity contribution in [3.8, 4) is 12.3 Å². The van der Waals surface area contributed by atoms with Crippen molar-refractivity contribution >= 4 is 11.9 Å². The third kappa shape index (κ3) is 3.77. The van der Waals surface area contributed by atoms with Crippen LogP contribution in [0.2, 0.25) is 0 Å². The highest BCUT2D eigenvalue weighted by atomic mass is 16.4. The van der Waals surface area contributed by atoms with Crippen LogP contribution in [-0.4, -0.2) is 22.5 Å². The van der Waals surface area contributed by atoms with Gasteiger partial charge < -0.3 is 10.4 Å². The number of terminal acetylenes is 1. The summed E-state index contributed by atoms with van der Waals surface area (Å²) in [7, 11) is 0. The molecule has 1 amide bonds. The number of carbonyl (C=O) groups excluding carboxylic acids is 1. The summed E-state index contributed by atoms with van der Waals surface area (Å²) in [6, 6.07) is 0. The number of amides is 1. The van der Waals surface area contributed by atoms with E-state index in [1.165, 1.54) is 0 Å². The Morgan fingerprint density at radius 1 is 1.24 bits per heavy atom. The van der Waals surface area contributed by atoms with Crippen LogP contribution in [0.25, 0.3) is 0 Å². The average molecular weight is 237 g/mol. The monoisotopic (exact) mass is 237 g/mol. The van der Waals surface area contributed by atoms with Gasteiger partial charge in [0.2, 0.25) is 5.91 Å². The molecular weight excluding hydrogens is 218 g/mol. The minimum atomic E-state index is -0.757. The van der Waals surface area contributed by atoms with Crippen LogP contribution >= 0.6 is 0 Å². The van der Waals surface area contributed by atoms with E-state index in [-0.39, 0.29) is 17.7 Å². The Morgan fingerprint density at radius 3 is 2.12 bits per heavy atom. The molecule has 1 fully saturated rings. The summed E-state index contributed by atoms with van der Waals surface area (Å²) >= 11 is 0. The Morgan fingerprint density at radius 2 is 1.71 bits per heavy atom. The molecule has 94 valence electrons. The van der Waals surface area contributed by atoms with Crippen LogP contribution in [0.15, 0.2) is 0 Å². The molecular formula is C13H19NO3. The van der Waals surface area contributed by atoms with Gasteiger partial charge >= 0.3 is 5.97 Å². The van der Waals surface area contributed by atoms with Gasteiger partial charge in [0.1, 0.15) is 0 Å². The van der Waals surface area contributed by atoms with Crippen molar-refractivity contribution in [2.45, 2.75) is 45.1 Å². The van der Waals surface area contributed by atoms with E-state index in [9.17, 15) is 9.59 Å². The lowest BCUT2D eigenvalue weighted by molar-refractivity contribution is -0.144. The molecule has 1 aliphatic carbocycles. The molecule has 0 aromatic heterocycles. The zero-order chi connectivity index (χ0) is 13.1. The van der Waals surface area contributed by atoms with Crippen LogP contribution in [0.3, 0.4) is 0 Å². The third-order valence-corrected chi connectivity index (χ3v) is 3.24. The maximum Gasteiger partial charge on any atom is 0.306 e. The van der Waals surface area contributed by atoms with E-state index in [0.29, 0.717) is 25.7 Å². The van der Waals surface area contributed by atoms with Crippen molar-refractivity contribution in [3.63, 3.8) is 0 Å². The molecule has 0 aromatic rings. The van der Waals surface area contributed by atoms with Crippen molar-refractivity contribution in [3.05, 3.63) is 0 Å². The molecule has 1 saturated carbocycles. The van der Waals surface area contributed by atoms with E-state index in [1.807, 2.05) is 0 Å². The van der Waals surface area contributed by atoms with E-state index < -0.39 is 11.5 Å². The van der Waals surface area contributed by atoms with Gasteiger partial charge in [-0.3, -0.25) is 9.59 Å². The highest BCUT2D eigenvalue weighted by Crippen LogP contribution is 2.29. The Kier molecular flexibility index (Phi) is 4.17. The predicted molar refractivity (Wildman–Crippen MR) is 64.1 cm³/mol. The van der Waals surface area contributed by atoms with Crippen LogP contribution in [0, 0.1) is 24.2 Å². The first-order chi connectivity index (χ1) is 7.85. The largest absolute Gasteiger partial charge is 0.481 e. The second-order valence-electron chi connectivity index (χ2n) is 5.15. The van der Waals surface area contributed by atoms with Crippen molar-refractivity contribution in [2.24, 2.45) is 11.8 Å². The third-order valence-electron chi connectivity index (χ3n) is 3.24. The maximum absolute atomic E-state index is 11.9. The van der Waals surface area contributed by atoms with Gasteiger partial charge in [-0.15, -0.1) is 6.42 Å². The van der Waals surface area contributed by atoms with Crippen LogP contribution in [-0.2, 0) is 9.59 Å². The summed E-state index contributed by atoms with van der Waals surface area (Å²) in [6.45, 7) is 3.54. The number of nitrogens with one attached hydrogen (secondary N) is 1. The average Bonchev–Trinajstić information content (AvgIpc) is 2.28. The van der Waals surface area contributed by atoms with E-state index in [2.05, 4.69) is 11.2 Å². The van der Waals surface area contributed by atoms with Crippen molar-refractivity contribution in [1.82, 2.24) is 5.32 Å². The Balaban J connectivity index is 2.47. The summed E-state index contributed by atoms with van der Waals surface area (Å²) in [4.78, 5) is 22.7. The first-order valence-corrected chi connectivity index (χ1v) is 5.88. The van der Waals surface area contributed by atoms with Crippen LogP contribution < -0.4 is 5.32 Å². The van der Waals surface area contributed by atoms with Crippen molar-refractivity contribution in [2.75, 3.05) is 0 Å². The van der Waals surface area contributed by atoms with E-state index in [4.69, 9.17) is 11.5 Å². The number of aliphatic carboxylic acids is 1. The van der Waals surface area contributed by atoms with Crippen LogP contribution in [0.5, 0.6) is 0 Å². The lowest BCUT2D eigenvalue weighted by Crippen LogP contribution is -2.46. The molecule has 0 aliphatic heterocycles. The molecule has 2 N–H and O–H groups in total. The summed E-state index contributed by atoms with van der Waals surface area (Å²) in [5.74, 6) is 1.31. The SMILES string of the molecule is C#CC(C)(C)NC(=O)C1CCC(C(=O)O)CC1. The molecule has 0 heterocycles. The number of hydrogen-bond donors (Lipinski definition) is 2. The predicted octanol–water partition coefficient (Wildman–Crippen LogP) is 1.41. The molecule has 0 saturated heterocycles. The van der Waals surface area contributed by atoms with Crippen molar-refractivity contribution in [1.29, 1.82) is 0 Å². The second-order valence-corrected chi connectivity index (χ2v) is 5.15. The fourth-order valence-corrected chi connectivity index (χ4v) is 2.05. The summed E-state index contributed by atoms with van der Waals surface area (Å²) < 4.78 is 0. The fraction of sp³-hybridized carbons (Fsp3) is 0.692. The van der Waals surface area contributed by atoms with Gasteiger partial charge in [-0.2, -0.15) is 0 Å². The molecule has 0 atom stereocenters. The first kappa shape index (κ1) is 13.6. The Labute approximate surface area is 102 Å². The quantitative estimate of drug-likeness (QED) is 0.729. The Bertz CT molecular complexity index is 346. The lowest BCUT2D eigenvalue weighted by atomic mass is 9.81. The van der Waals surface area contributed by atoms with Crippen LogP contribution in [0.4, 0.5) is 0 Å². The van der Waals surface area contributed by atoms with Gasteiger partial charge in [-0.1, -0.05) is 5.92 Å². The van der Waals surface area contributed by atoms with E-state index >= 15 is 0 Å². The van der Waals surface area contributed by atoms with Crippen molar-refractivity contribution < 1.29 is 14.7 Å². The van der Waals surface area contributed by atoms with Gasteiger partial charge in [0.15, 0.2) is 0 Å². The molecule has 4 nitrogen and oxygen atoms in total. The molecule has 1 rings (SSSR count). The van der Waals surface area contributed by atoms with Gasteiger partial charge in [-0.05, 0) is 39.5 Å². The zero-order valence-corrected chi connectivity index (χ0v) is 10.3. The lowest BCUT2D eigenvalue weighted by Gasteiger charge is -2.28. The van der Waals surface area contributed by atoms with E-state index in [0.717, 1.165) is 0 Å². The molecule has 17 heavy (non-hydrogen) atoms. The van der Waals surface area contributed by atoms with Gasteiger partial charge in [0, 0.05) is 5.92 Å². The normalized spacial score (nSPS) is 24.8. The molecule has 0 aromatic carbocycles. The number of carboxylic acid groups (broad SMARTS) is 1. The van der Waals surface area contributed by atoms with Gasteiger partial charge in [0.25, 0.3) is 0 Å². The van der Waals surface area contributed by atoms with E-state index in [1.54, 1.807) is 13.8 Å². The molecule has 0 radical (unpaired) electrons. The number of rotatable bonds is 3. The molecule has 0 spiro atoms. The second kappa shape index (κ2) is 5.22. The summed E-state index contributed by atoms with van der Waals surface area (Å²) in [6.07, 6.45) is 7.71. The molecule has 0 bridgehead atoms. The minimum Gasteiger partial charge on any atom is -0.481 e. The van der Waals surface area contributed by atoms with Gasteiger partial charge in [0.05, 0.1) is 11.5 Å². The first-order valence-electron chi connectivity index (χ1n) is 5.88. The van der Waals surface area contributed by atoms with Crippen LogP contribution in [0.1, 0.15) is 39.5 Å². The highest BCUT2D eigenvalue weighted by Gasteiger charge is 2.31. The minimum absolute atomic E-state index is 0.0585. The number of hydrogen-bond acceptors (Lipinski definition) is 2. The molecule has 0 unspecified atom stereocenters. The number of carbonyl (C=O) groups is 2. The molecule has 1 aliphatic rings. The highest BCUT2D eigenvalue weighted by molar-refractivity contribution is 5.80. The van der Waals surface area contributed by atoms with Gasteiger partial charge in [-0.25, -0.2) is 0 Å². The summed E-state index contributed by atoms with van der Waals surface area (Å²) in [5, 5.41) is 11.7. The molecule has 4 heteroatoms. The zero-order valence-electron chi connectivity index (χ0n) is 10.3. The summed E-state index contributed by atoms with van der Waals surface area (Å²) in [5.41, 5.74) is -0.638. The topological polar surface area (TPSA) is 66.4 Å². The standard InChI is InChI=1S/C13H19NO3/c1-4-13(2,3)14-11(15)9-5-7-10(8-6-9)12(16)17/h1,9-10H,5-8H2,2-3H3,(H,14,15)(H,16,17).